The van der Waals surface area contributed by atoms with Gasteiger partial charge in [0.25, 0.3) is 5.19 Å². The Kier molecular flexibility index (Phi) is 4.03. The van der Waals surface area contributed by atoms with Crippen molar-refractivity contribution in [2.24, 2.45) is 0 Å². The fourth-order valence-electron chi connectivity index (χ4n) is 1.21. The summed E-state index contributed by atoms with van der Waals surface area (Å²) >= 11 is 1.37. The molecule has 0 aliphatic rings. The molecule has 0 bridgehead atoms. The van der Waals surface area contributed by atoms with E-state index in [4.69, 9.17) is 4.74 Å². The molecule has 0 aliphatic carbocycles. The summed E-state index contributed by atoms with van der Waals surface area (Å²) in [5.74, 6) is 1.97. The molecular weight excluding hydrogens is 212 g/mol. The summed E-state index contributed by atoms with van der Waals surface area (Å²) in [6, 6.07) is 0. The molecule has 0 radical (unpaired) electrons. The number of methoxy groups -OCH3 is 1. The molecule has 0 unspecified atom stereocenters. The van der Waals surface area contributed by atoms with Crippen LogP contribution in [0.25, 0.3) is 5.57 Å². The van der Waals surface area contributed by atoms with Crippen molar-refractivity contribution in [3.8, 4) is 5.19 Å². The first kappa shape index (κ1) is 11.9. The van der Waals surface area contributed by atoms with Gasteiger partial charge in [0, 0.05) is 6.54 Å². The maximum absolute atomic E-state index is 10.8. The second kappa shape index (κ2) is 5.07. The average Bonchev–Trinajstić information content (AvgIpc) is 2.56. The van der Waals surface area contributed by atoms with Crippen molar-refractivity contribution in [1.82, 2.24) is 9.88 Å². The Labute approximate surface area is 93.2 Å². The number of rotatable bonds is 4. The second-order valence-corrected chi connectivity index (χ2v) is 4.38. The molecule has 15 heavy (non-hydrogen) atoms. The highest BCUT2D eigenvalue weighted by atomic mass is 32.1. The van der Waals surface area contributed by atoms with Crippen LogP contribution < -0.4 is 4.74 Å². The first-order chi connectivity index (χ1) is 7.08. The van der Waals surface area contributed by atoms with Crippen LogP contribution in [0.5, 0.6) is 5.19 Å². The summed E-state index contributed by atoms with van der Waals surface area (Å²) in [6.45, 7) is 2.43. The molecule has 5 heteroatoms. The van der Waals surface area contributed by atoms with Crippen LogP contribution >= 0.6 is 11.3 Å². The lowest BCUT2D eigenvalue weighted by molar-refractivity contribution is 0.411. The molecule has 0 saturated carbocycles. The maximum atomic E-state index is 10.8. The zero-order valence-corrected chi connectivity index (χ0v) is 10.1. The summed E-state index contributed by atoms with van der Waals surface area (Å²) in [5.41, 5.74) is 1.44. The Morgan fingerprint density at radius 1 is 1.60 bits per heavy atom. The topological polar surface area (TPSA) is 42.4 Å². The molecule has 0 atom stereocenters. The third-order valence-electron chi connectivity index (χ3n) is 1.82. The zero-order chi connectivity index (χ0) is 11.4. The number of aryl methyl sites for hydroxylation is 1. The molecule has 0 saturated heterocycles. The molecule has 0 N–H and O–H groups in total. The van der Waals surface area contributed by atoms with Gasteiger partial charge in [-0.2, -0.15) is 0 Å². The quantitative estimate of drug-likeness (QED) is 0.724. The van der Waals surface area contributed by atoms with Crippen molar-refractivity contribution in [1.29, 1.82) is 0 Å². The minimum atomic E-state index is 0.565. The predicted molar refractivity (Wildman–Crippen MR) is 61.1 cm³/mol. The monoisotopic (exact) mass is 226 g/mol. The van der Waals surface area contributed by atoms with E-state index in [2.05, 4.69) is 4.98 Å². The van der Waals surface area contributed by atoms with E-state index in [1.54, 1.807) is 7.11 Å². The van der Waals surface area contributed by atoms with Crippen molar-refractivity contribution in [3.63, 3.8) is 0 Å². The van der Waals surface area contributed by atoms with Crippen LogP contribution in [0.4, 0.5) is 0 Å². The highest BCUT2D eigenvalue weighted by Crippen LogP contribution is 2.29. The Bertz CT molecular complexity index is 392. The van der Waals surface area contributed by atoms with Crippen molar-refractivity contribution in [2.75, 3.05) is 27.7 Å². The van der Waals surface area contributed by atoms with E-state index in [0.29, 0.717) is 17.3 Å². The molecule has 0 aliphatic heterocycles. The summed E-state index contributed by atoms with van der Waals surface area (Å²) in [4.78, 5) is 17.8. The average molecular weight is 226 g/mol. The molecule has 1 rings (SSSR count). The SMILES string of the molecule is COc1nc(C)c(C(=C=O)CN(C)C)s1. The van der Waals surface area contributed by atoms with Crippen LogP contribution in [0, 0.1) is 6.92 Å². The molecule has 0 aromatic carbocycles. The van der Waals surface area contributed by atoms with Crippen LogP contribution in [-0.2, 0) is 4.79 Å². The molecule has 0 fully saturated rings. The number of nitrogens with zero attached hydrogens (tertiary/aromatic N) is 2. The van der Waals surface area contributed by atoms with Gasteiger partial charge in [-0.3, -0.25) is 0 Å². The number of ether oxygens (including phenoxy) is 1. The number of likely N-dealkylation sites (N-methyl/N-ethyl adjacent to an activating group) is 1. The van der Waals surface area contributed by atoms with Crippen molar-refractivity contribution >= 4 is 22.9 Å². The van der Waals surface area contributed by atoms with Crippen molar-refractivity contribution < 1.29 is 9.53 Å². The van der Waals surface area contributed by atoms with Crippen molar-refractivity contribution in [3.05, 3.63) is 10.6 Å². The molecule has 82 valence electrons. The fourth-order valence-corrected chi connectivity index (χ4v) is 2.07. The number of aromatic nitrogens is 1. The zero-order valence-electron chi connectivity index (χ0n) is 9.33. The lowest BCUT2D eigenvalue weighted by atomic mass is 10.2. The van der Waals surface area contributed by atoms with Crippen LogP contribution in [-0.4, -0.2) is 43.6 Å². The first-order valence-electron chi connectivity index (χ1n) is 4.49. The van der Waals surface area contributed by atoms with Gasteiger partial charge in [-0.1, -0.05) is 11.3 Å². The highest BCUT2D eigenvalue weighted by Gasteiger charge is 2.13. The second-order valence-electron chi connectivity index (χ2n) is 3.42. The number of carbonyl (C=O) groups excluding carboxylic acids is 1. The van der Waals surface area contributed by atoms with E-state index in [-0.39, 0.29) is 0 Å². The predicted octanol–water partition coefficient (Wildman–Crippen LogP) is 1.24. The number of hydrogen-bond acceptors (Lipinski definition) is 5. The van der Waals surface area contributed by atoms with E-state index in [9.17, 15) is 4.79 Å². The minimum Gasteiger partial charge on any atom is -0.473 e. The van der Waals surface area contributed by atoms with Gasteiger partial charge < -0.3 is 9.64 Å². The van der Waals surface area contributed by atoms with E-state index < -0.39 is 0 Å². The molecule has 1 heterocycles. The van der Waals surface area contributed by atoms with Gasteiger partial charge >= 0.3 is 0 Å². The molecule has 4 nitrogen and oxygen atoms in total. The molecule has 0 amide bonds. The molecule has 1 aromatic heterocycles. The van der Waals surface area contributed by atoms with Gasteiger partial charge in [0.2, 0.25) is 0 Å². The lowest BCUT2D eigenvalue weighted by Crippen LogP contribution is -2.14. The minimum absolute atomic E-state index is 0.565. The van der Waals surface area contributed by atoms with Gasteiger partial charge in [-0.05, 0) is 21.0 Å². The van der Waals surface area contributed by atoms with E-state index in [1.165, 1.54) is 11.3 Å². The Morgan fingerprint density at radius 2 is 2.27 bits per heavy atom. The number of thiazole rings is 1. The Morgan fingerprint density at radius 3 is 2.67 bits per heavy atom. The van der Waals surface area contributed by atoms with Gasteiger partial charge in [-0.15, -0.1) is 0 Å². The third kappa shape index (κ3) is 2.89. The normalized spacial score (nSPS) is 10.2. The fraction of sp³-hybridized carbons (Fsp3) is 0.500. The van der Waals surface area contributed by atoms with E-state index in [0.717, 1.165) is 10.6 Å². The van der Waals surface area contributed by atoms with Crippen LogP contribution in [0.15, 0.2) is 0 Å². The van der Waals surface area contributed by atoms with Crippen molar-refractivity contribution in [2.45, 2.75) is 6.92 Å². The van der Waals surface area contributed by atoms with Gasteiger partial charge in [0.15, 0.2) is 0 Å². The van der Waals surface area contributed by atoms with E-state index >= 15 is 0 Å². The summed E-state index contributed by atoms with van der Waals surface area (Å²) < 4.78 is 5.03. The van der Waals surface area contributed by atoms with Gasteiger partial charge in [-0.25, -0.2) is 9.78 Å². The summed E-state index contributed by atoms with van der Waals surface area (Å²) in [5, 5.41) is 0.578. The van der Waals surface area contributed by atoms with Crippen LogP contribution in [0.1, 0.15) is 10.6 Å². The Balaban J connectivity index is 3.02. The van der Waals surface area contributed by atoms with Gasteiger partial charge in [0.1, 0.15) is 5.94 Å². The molecular formula is C10H14N2O2S. The number of hydrogen-bond donors (Lipinski definition) is 0. The highest BCUT2D eigenvalue weighted by molar-refractivity contribution is 7.14. The summed E-state index contributed by atoms with van der Waals surface area (Å²) in [7, 11) is 5.38. The maximum Gasteiger partial charge on any atom is 0.273 e. The smallest absolute Gasteiger partial charge is 0.273 e. The summed E-state index contributed by atoms with van der Waals surface area (Å²) in [6.07, 6.45) is 0. The van der Waals surface area contributed by atoms with Crippen LogP contribution in [0.2, 0.25) is 0 Å². The van der Waals surface area contributed by atoms with E-state index in [1.807, 2.05) is 31.9 Å². The molecule has 1 aromatic rings. The standard InChI is InChI=1S/C10H14N2O2S/c1-7-9(15-10(11-7)14-4)8(6-13)5-12(2)3/h5H2,1-4H3. The Hall–Kier alpha value is -1.16. The van der Waals surface area contributed by atoms with Crippen LogP contribution in [0.3, 0.4) is 0 Å². The first-order valence-corrected chi connectivity index (χ1v) is 5.30. The van der Waals surface area contributed by atoms with Gasteiger partial charge in [0.05, 0.1) is 23.3 Å². The largest absolute Gasteiger partial charge is 0.473 e. The molecule has 0 spiro atoms. The lowest BCUT2D eigenvalue weighted by Gasteiger charge is -2.08. The third-order valence-corrected chi connectivity index (χ3v) is 3.00.